The van der Waals surface area contributed by atoms with Crippen LogP contribution in [0.1, 0.15) is 19.8 Å². The van der Waals surface area contributed by atoms with E-state index >= 15 is 0 Å². The number of carbonyl (C=O) groups is 1. The number of nitrogens with zero attached hydrogens (tertiary/aromatic N) is 1. The SMILES string of the molecule is CCC(O)C1CC(NCCO)CN(CC(N)=O)C1. The van der Waals surface area contributed by atoms with Crippen LogP contribution in [0.25, 0.3) is 0 Å². The average molecular weight is 259 g/mol. The first kappa shape index (κ1) is 15.4. The van der Waals surface area contributed by atoms with Crippen molar-refractivity contribution >= 4 is 5.91 Å². The van der Waals surface area contributed by atoms with Crippen LogP contribution in [0.15, 0.2) is 0 Å². The fraction of sp³-hybridized carbons (Fsp3) is 0.917. The lowest BCUT2D eigenvalue weighted by Gasteiger charge is -2.39. The Balaban J connectivity index is 2.56. The van der Waals surface area contributed by atoms with Crippen LogP contribution in [-0.2, 0) is 4.79 Å². The second-order valence-corrected chi connectivity index (χ2v) is 5.01. The highest BCUT2D eigenvalue weighted by atomic mass is 16.3. The monoisotopic (exact) mass is 259 g/mol. The highest BCUT2D eigenvalue weighted by Gasteiger charge is 2.30. The Hall–Kier alpha value is -0.690. The summed E-state index contributed by atoms with van der Waals surface area (Å²) in [5, 5.41) is 22.0. The molecule has 1 saturated heterocycles. The van der Waals surface area contributed by atoms with Gasteiger partial charge in [-0.15, -0.1) is 0 Å². The van der Waals surface area contributed by atoms with E-state index in [0.717, 1.165) is 13.0 Å². The molecular formula is C12H25N3O3. The van der Waals surface area contributed by atoms with Gasteiger partial charge in [-0.3, -0.25) is 9.69 Å². The molecule has 1 fully saturated rings. The number of rotatable bonds is 7. The Bertz CT molecular complexity index is 263. The third-order valence-electron chi connectivity index (χ3n) is 3.45. The van der Waals surface area contributed by atoms with Gasteiger partial charge < -0.3 is 21.3 Å². The van der Waals surface area contributed by atoms with Crippen molar-refractivity contribution < 1.29 is 15.0 Å². The zero-order valence-corrected chi connectivity index (χ0v) is 11.0. The van der Waals surface area contributed by atoms with E-state index in [9.17, 15) is 9.90 Å². The van der Waals surface area contributed by atoms with Gasteiger partial charge >= 0.3 is 0 Å². The summed E-state index contributed by atoms with van der Waals surface area (Å²) in [6, 6.07) is 0.191. The zero-order chi connectivity index (χ0) is 13.5. The van der Waals surface area contributed by atoms with Gasteiger partial charge in [-0.05, 0) is 18.8 Å². The zero-order valence-electron chi connectivity index (χ0n) is 11.0. The third-order valence-corrected chi connectivity index (χ3v) is 3.45. The molecule has 3 atom stereocenters. The van der Waals surface area contributed by atoms with Crippen molar-refractivity contribution in [1.29, 1.82) is 0 Å². The molecule has 6 nitrogen and oxygen atoms in total. The van der Waals surface area contributed by atoms with E-state index in [1.807, 2.05) is 11.8 Å². The number of nitrogens with one attached hydrogen (secondary N) is 1. The van der Waals surface area contributed by atoms with E-state index in [2.05, 4.69) is 5.32 Å². The minimum absolute atomic E-state index is 0.0906. The maximum absolute atomic E-state index is 11.0. The lowest BCUT2D eigenvalue weighted by Crippen LogP contribution is -2.53. The van der Waals surface area contributed by atoms with E-state index in [0.29, 0.717) is 19.5 Å². The summed E-state index contributed by atoms with van der Waals surface area (Å²) in [6.45, 7) is 4.24. The maximum atomic E-state index is 11.0. The van der Waals surface area contributed by atoms with Gasteiger partial charge in [-0.25, -0.2) is 0 Å². The molecule has 0 aromatic carbocycles. The van der Waals surface area contributed by atoms with E-state index < -0.39 is 0 Å². The van der Waals surface area contributed by atoms with Gasteiger partial charge in [0.2, 0.25) is 5.91 Å². The van der Waals surface area contributed by atoms with Crippen LogP contribution in [-0.4, -0.2) is 66.0 Å². The van der Waals surface area contributed by atoms with Crippen molar-refractivity contribution in [3.8, 4) is 0 Å². The first-order valence-electron chi connectivity index (χ1n) is 6.59. The van der Waals surface area contributed by atoms with Crippen molar-refractivity contribution in [1.82, 2.24) is 10.2 Å². The molecule has 0 saturated carbocycles. The molecule has 0 radical (unpaired) electrons. The largest absolute Gasteiger partial charge is 0.395 e. The number of carbonyl (C=O) groups excluding carboxylic acids is 1. The molecule has 1 aliphatic heterocycles. The van der Waals surface area contributed by atoms with Crippen LogP contribution in [0.5, 0.6) is 0 Å². The highest BCUT2D eigenvalue weighted by molar-refractivity contribution is 5.75. The van der Waals surface area contributed by atoms with E-state index in [1.54, 1.807) is 0 Å². The summed E-state index contributed by atoms with van der Waals surface area (Å²) in [5.74, 6) is -0.193. The number of piperidine rings is 1. The first-order valence-corrected chi connectivity index (χ1v) is 6.59. The topological polar surface area (TPSA) is 98.8 Å². The molecule has 1 aliphatic rings. The summed E-state index contributed by atoms with van der Waals surface area (Å²) in [6.07, 6.45) is 1.23. The molecule has 18 heavy (non-hydrogen) atoms. The minimum Gasteiger partial charge on any atom is -0.395 e. The van der Waals surface area contributed by atoms with Gasteiger partial charge in [0.05, 0.1) is 19.3 Å². The predicted molar refractivity (Wildman–Crippen MR) is 68.9 cm³/mol. The van der Waals surface area contributed by atoms with E-state index in [1.165, 1.54) is 0 Å². The summed E-state index contributed by atoms with van der Waals surface area (Å²) in [5.41, 5.74) is 5.22. The average Bonchev–Trinajstić information content (AvgIpc) is 2.34. The Morgan fingerprint density at radius 2 is 2.28 bits per heavy atom. The Kier molecular flexibility index (Phi) is 6.56. The molecule has 0 aromatic heterocycles. The van der Waals surface area contributed by atoms with Gasteiger partial charge in [-0.1, -0.05) is 6.92 Å². The molecule has 5 N–H and O–H groups in total. The summed E-state index contributed by atoms with van der Waals surface area (Å²) >= 11 is 0. The summed E-state index contributed by atoms with van der Waals surface area (Å²) < 4.78 is 0. The summed E-state index contributed by atoms with van der Waals surface area (Å²) in [7, 11) is 0. The second-order valence-electron chi connectivity index (χ2n) is 5.01. The highest BCUT2D eigenvalue weighted by Crippen LogP contribution is 2.21. The van der Waals surface area contributed by atoms with Gasteiger partial charge in [0.15, 0.2) is 0 Å². The smallest absolute Gasteiger partial charge is 0.231 e. The van der Waals surface area contributed by atoms with Crippen LogP contribution in [0.4, 0.5) is 0 Å². The summed E-state index contributed by atoms with van der Waals surface area (Å²) in [4.78, 5) is 13.0. The van der Waals surface area contributed by atoms with Crippen molar-refractivity contribution in [2.45, 2.75) is 31.9 Å². The molecule has 0 aliphatic carbocycles. The van der Waals surface area contributed by atoms with Crippen molar-refractivity contribution in [2.75, 3.05) is 32.8 Å². The number of aliphatic hydroxyl groups is 2. The van der Waals surface area contributed by atoms with Crippen LogP contribution in [0, 0.1) is 5.92 Å². The first-order chi connectivity index (χ1) is 8.56. The van der Waals surface area contributed by atoms with Gasteiger partial charge in [0, 0.05) is 25.7 Å². The number of hydrogen-bond donors (Lipinski definition) is 4. The fourth-order valence-electron chi connectivity index (χ4n) is 2.61. The van der Waals surface area contributed by atoms with Crippen LogP contribution < -0.4 is 11.1 Å². The lowest BCUT2D eigenvalue weighted by molar-refractivity contribution is -0.120. The fourth-order valence-corrected chi connectivity index (χ4v) is 2.61. The van der Waals surface area contributed by atoms with Crippen molar-refractivity contribution in [3.63, 3.8) is 0 Å². The van der Waals surface area contributed by atoms with Crippen molar-refractivity contribution in [3.05, 3.63) is 0 Å². The Labute approximate surface area is 108 Å². The molecule has 0 bridgehead atoms. The number of amides is 1. The molecular weight excluding hydrogens is 234 g/mol. The quantitative estimate of drug-likeness (QED) is 0.447. The van der Waals surface area contributed by atoms with Crippen LogP contribution in [0.3, 0.4) is 0 Å². The predicted octanol–water partition coefficient (Wildman–Crippen LogP) is -1.48. The molecule has 106 valence electrons. The Morgan fingerprint density at radius 3 is 2.83 bits per heavy atom. The molecule has 6 heteroatoms. The molecule has 0 spiro atoms. The number of nitrogens with two attached hydrogens (primary N) is 1. The number of aliphatic hydroxyl groups excluding tert-OH is 2. The Morgan fingerprint density at radius 1 is 1.56 bits per heavy atom. The molecule has 3 unspecified atom stereocenters. The lowest BCUT2D eigenvalue weighted by atomic mass is 9.88. The normalized spacial score (nSPS) is 27.1. The molecule has 0 aromatic rings. The van der Waals surface area contributed by atoms with Crippen molar-refractivity contribution in [2.24, 2.45) is 11.7 Å². The van der Waals surface area contributed by atoms with Gasteiger partial charge in [0.25, 0.3) is 0 Å². The van der Waals surface area contributed by atoms with Gasteiger partial charge in [0.1, 0.15) is 0 Å². The number of hydrogen-bond acceptors (Lipinski definition) is 5. The van der Waals surface area contributed by atoms with E-state index in [4.69, 9.17) is 10.8 Å². The van der Waals surface area contributed by atoms with Crippen LogP contribution in [0.2, 0.25) is 0 Å². The second kappa shape index (κ2) is 7.68. The minimum atomic E-state index is -0.348. The molecule has 1 rings (SSSR count). The standard InChI is InChI=1S/C12H25N3O3/c1-2-11(17)9-5-10(14-3-4-16)7-15(6-9)8-12(13)18/h9-11,14,16-17H,2-8H2,1H3,(H2,13,18). The molecule has 1 heterocycles. The molecule has 1 amide bonds. The number of likely N-dealkylation sites (tertiary alicyclic amines) is 1. The van der Waals surface area contributed by atoms with Crippen LogP contribution >= 0.6 is 0 Å². The third kappa shape index (κ3) is 4.89. The number of primary amides is 1. The maximum Gasteiger partial charge on any atom is 0.231 e. The van der Waals surface area contributed by atoms with Gasteiger partial charge in [-0.2, -0.15) is 0 Å². The van der Waals surface area contributed by atoms with E-state index in [-0.39, 0.29) is 37.1 Å².